The van der Waals surface area contributed by atoms with Crippen LogP contribution in [0.4, 0.5) is 0 Å². The Hall–Kier alpha value is -2.18. The van der Waals surface area contributed by atoms with E-state index in [0.717, 1.165) is 22.5 Å². The molecule has 2 atom stereocenters. The van der Waals surface area contributed by atoms with Crippen molar-refractivity contribution in [2.75, 3.05) is 26.8 Å². The van der Waals surface area contributed by atoms with Crippen molar-refractivity contribution in [3.8, 4) is 5.75 Å². The molecule has 0 spiro atoms. The standard InChI is InChI=1S/C28H37BrN2O3/c1-27(2,3)21-13-19(14-22(25(21)33)28(4,5)6)23(32)16-31-15-20(17-34-7)24(26(31)30-29)18-11-9-8-10-12-18/h8-14,20,24,33H,15-17H2,1-7H3/b30-26-/t20-,24-/m1/s1. The van der Waals surface area contributed by atoms with Crippen molar-refractivity contribution < 1.29 is 14.6 Å². The number of likely N-dealkylation sites (tertiary alicyclic amines) is 1. The lowest BCUT2D eigenvalue weighted by Crippen LogP contribution is -2.32. The van der Waals surface area contributed by atoms with E-state index in [4.69, 9.17) is 4.74 Å². The topological polar surface area (TPSA) is 62.1 Å². The first kappa shape index (κ1) is 26.4. The van der Waals surface area contributed by atoms with Crippen LogP contribution in [0.1, 0.15) is 74.5 Å². The van der Waals surface area contributed by atoms with Gasteiger partial charge in [-0.15, -0.1) is 0 Å². The van der Waals surface area contributed by atoms with Gasteiger partial charge in [-0.2, -0.15) is 4.02 Å². The van der Waals surface area contributed by atoms with Crippen molar-refractivity contribution in [1.82, 2.24) is 4.90 Å². The normalized spacial score (nSPS) is 20.2. The smallest absolute Gasteiger partial charge is 0.182 e. The van der Waals surface area contributed by atoms with Crippen molar-refractivity contribution >= 4 is 27.8 Å². The summed E-state index contributed by atoms with van der Waals surface area (Å²) in [4.78, 5) is 15.7. The number of phenolic OH excluding ortho intramolecular Hbond substituents is 1. The van der Waals surface area contributed by atoms with Gasteiger partial charge in [-0.25, -0.2) is 0 Å². The average molecular weight is 530 g/mol. The van der Waals surface area contributed by atoms with Gasteiger partial charge in [-0.1, -0.05) is 71.9 Å². The monoisotopic (exact) mass is 528 g/mol. The number of hydrogen-bond donors (Lipinski definition) is 1. The van der Waals surface area contributed by atoms with Gasteiger partial charge in [0.15, 0.2) is 5.78 Å². The Kier molecular flexibility index (Phi) is 7.93. The van der Waals surface area contributed by atoms with Crippen LogP contribution in [0.25, 0.3) is 0 Å². The van der Waals surface area contributed by atoms with E-state index < -0.39 is 0 Å². The minimum absolute atomic E-state index is 0.00882. The molecular formula is C28H37BrN2O3. The van der Waals surface area contributed by atoms with Crippen LogP contribution in [-0.4, -0.2) is 48.4 Å². The Labute approximate surface area is 212 Å². The zero-order valence-corrected chi connectivity index (χ0v) is 22.9. The highest BCUT2D eigenvalue weighted by molar-refractivity contribution is 9.08. The van der Waals surface area contributed by atoms with Crippen molar-refractivity contribution in [2.24, 2.45) is 9.94 Å². The summed E-state index contributed by atoms with van der Waals surface area (Å²) in [6.07, 6.45) is 0. The van der Waals surface area contributed by atoms with Gasteiger partial charge in [-0.3, -0.25) is 4.79 Å². The molecule has 1 saturated heterocycles. The number of ether oxygens (including phenoxy) is 1. The molecule has 0 aliphatic carbocycles. The molecule has 2 aromatic rings. The third kappa shape index (κ3) is 5.55. The summed E-state index contributed by atoms with van der Waals surface area (Å²) in [5, 5.41) is 11.0. The number of benzene rings is 2. The fourth-order valence-electron chi connectivity index (χ4n) is 4.79. The van der Waals surface area contributed by atoms with Crippen molar-refractivity contribution in [3.05, 3.63) is 64.7 Å². The number of phenols is 1. The van der Waals surface area contributed by atoms with Gasteiger partial charge in [0.05, 0.1) is 29.3 Å². The van der Waals surface area contributed by atoms with E-state index in [1.165, 1.54) is 0 Å². The molecule has 5 nitrogen and oxygen atoms in total. The molecule has 0 saturated carbocycles. The number of hydrogen-bond acceptors (Lipinski definition) is 4. The summed E-state index contributed by atoms with van der Waals surface area (Å²) >= 11 is 3.33. The maximum atomic E-state index is 13.6. The lowest BCUT2D eigenvalue weighted by molar-refractivity contribution is 0.0955. The molecule has 2 aromatic carbocycles. The number of carbonyl (C=O) groups excluding carboxylic acids is 1. The molecular weight excluding hydrogens is 492 g/mol. The number of amidine groups is 1. The molecule has 1 N–H and O–H groups in total. The van der Waals surface area contributed by atoms with Crippen molar-refractivity contribution in [2.45, 2.75) is 58.3 Å². The van der Waals surface area contributed by atoms with Gasteiger partial charge in [0.25, 0.3) is 0 Å². The van der Waals surface area contributed by atoms with Crippen LogP contribution in [0.3, 0.4) is 0 Å². The molecule has 1 aliphatic heterocycles. The Bertz CT molecular complexity index is 1020. The number of ketones is 1. The molecule has 3 rings (SSSR count). The molecule has 1 fully saturated rings. The Morgan fingerprint density at radius 3 is 2.12 bits per heavy atom. The third-order valence-electron chi connectivity index (χ3n) is 6.54. The zero-order chi connectivity index (χ0) is 25.3. The minimum atomic E-state index is -0.293. The summed E-state index contributed by atoms with van der Waals surface area (Å²) in [5.41, 5.74) is 2.77. The molecule has 6 heteroatoms. The second kappa shape index (κ2) is 10.2. The van der Waals surface area contributed by atoms with Gasteiger partial charge in [-0.05, 0) is 28.5 Å². The zero-order valence-electron chi connectivity index (χ0n) is 21.4. The molecule has 0 amide bonds. The fraction of sp³-hybridized carbons (Fsp3) is 0.500. The van der Waals surface area contributed by atoms with Gasteiger partial charge in [0.1, 0.15) is 11.6 Å². The quantitative estimate of drug-likeness (QED) is 0.450. The van der Waals surface area contributed by atoms with E-state index in [2.05, 4.69) is 78.7 Å². The van der Waals surface area contributed by atoms with E-state index in [-0.39, 0.29) is 40.7 Å². The SMILES string of the molecule is COC[C@H]1CN(CC(=O)c2cc(C(C)(C)C)c(O)c(C(C)(C)C)c2)/C(=N\Br)[C@@H]1c1ccccc1. The minimum Gasteiger partial charge on any atom is -0.507 e. The van der Waals surface area contributed by atoms with Gasteiger partial charge >= 0.3 is 0 Å². The number of methoxy groups -OCH3 is 1. The Morgan fingerprint density at radius 1 is 1.09 bits per heavy atom. The first-order valence-corrected chi connectivity index (χ1v) is 12.5. The van der Waals surface area contributed by atoms with E-state index >= 15 is 0 Å². The van der Waals surface area contributed by atoms with Crippen molar-refractivity contribution in [3.63, 3.8) is 0 Å². The number of rotatable bonds is 6. The first-order chi connectivity index (χ1) is 15.9. The first-order valence-electron chi connectivity index (χ1n) is 11.8. The van der Waals surface area contributed by atoms with Crippen molar-refractivity contribution in [1.29, 1.82) is 0 Å². The van der Waals surface area contributed by atoms with Crippen LogP contribution < -0.4 is 0 Å². The maximum absolute atomic E-state index is 13.6. The molecule has 184 valence electrons. The Morgan fingerprint density at radius 2 is 1.65 bits per heavy atom. The number of aromatic hydroxyl groups is 1. The number of Topliss-reactive ketones (excluding diaryl/α,β-unsaturated/α-hetero) is 1. The molecule has 0 radical (unpaired) electrons. The predicted octanol–water partition coefficient (Wildman–Crippen LogP) is 6.24. The van der Waals surface area contributed by atoms with Crippen LogP contribution in [0.5, 0.6) is 5.75 Å². The molecule has 34 heavy (non-hydrogen) atoms. The summed E-state index contributed by atoms with van der Waals surface area (Å²) in [6, 6.07) is 14.0. The highest BCUT2D eigenvalue weighted by atomic mass is 79.9. The van der Waals surface area contributed by atoms with E-state index in [1.807, 2.05) is 30.3 Å². The third-order valence-corrected chi connectivity index (χ3v) is 6.90. The van der Waals surface area contributed by atoms with Crippen LogP contribution in [0.15, 0.2) is 46.5 Å². The lowest BCUT2D eigenvalue weighted by atomic mass is 9.78. The lowest BCUT2D eigenvalue weighted by Gasteiger charge is -2.28. The van der Waals surface area contributed by atoms with E-state index in [1.54, 1.807) is 7.11 Å². The van der Waals surface area contributed by atoms with E-state index in [9.17, 15) is 9.90 Å². The molecule has 1 heterocycles. The van der Waals surface area contributed by atoms with Gasteiger partial charge in [0.2, 0.25) is 0 Å². The summed E-state index contributed by atoms with van der Waals surface area (Å²) in [6.45, 7) is 13.8. The number of halogens is 1. The Balaban J connectivity index is 1.97. The van der Waals surface area contributed by atoms with Gasteiger partial charge < -0.3 is 14.7 Å². The number of nitrogens with zero attached hydrogens (tertiary/aromatic N) is 2. The molecule has 0 aromatic heterocycles. The average Bonchev–Trinajstić information content (AvgIpc) is 3.09. The largest absolute Gasteiger partial charge is 0.507 e. The highest BCUT2D eigenvalue weighted by Gasteiger charge is 2.40. The highest BCUT2D eigenvalue weighted by Crippen LogP contribution is 2.40. The van der Waals surface area contributed by atoms with Crippen LogP contribution in [-0.2, 0) is 15.6 Å². The fourth-order valence-corrected chi connectivity index (χ4v) is 5.23. The molecule has 0 unspecified atom stereocenters. The van der Waals surface area contributed by atoms with Gasteiger partial charge in [0, 0.05) is 42.2 Å². The second-order valence-corrected chi connectivity index (χ2v) is 11.6. The molecule has 1 aliphatic rings. The predicted molar refractivity (Wildman–Crippen MR) is 142 cm³/mol. The number of carbonyl (C=O) groups is 1. The summed E-state index contributed by atoms with van der Waals surface area (Å²) in [5.74, 6) is 1.36. The summed E-state index contributed by atoms with van der Waals surface area (Å²) in [7, 11) is 1.71. The molecule has 0 bridgehead atoms. The summed E-state index contributed by atoms with van der Waals surface area (Å²) < 4.78 is 9.96. The van der Waals surface area contributed by atoms with E-state index in [0.29, 0.717) is 18.7 Å². The van der Waals surface area contributed by atoms with Crippen LogP contribution >= 0.6 is 16.1 Å². The second-order valence-electron chi connectivity index (χ2n) is 11.3. The van der Waals surface area contributed by atoms with Crippen LogP contribution in [0, 0.1) is 5.92 Å². The van der Waals surface area contributed by atoms with Crippen LogP contribution in [0.2, 0.25) is 0 Å². The maximum Gasteiger partial charge on any atom is 0.182 e.